The van der Waals surface area contributed by atoms with E-state index in [9.17, 15) is 18.4 Å². The highest BCUT2D eigenvalue weighted by molar-refractivity contribution is 6.46. The van der Waals surface area contributed by atoms with E-state index < -0.39 is 29.1 Å². The number of carbonyl (C=O) groups is 2. The first-order valence-electron chi connectivity index (χ1n) is 9.44. The lowest BCUT2D eigenvalue weighted by atomic mass is 10.0. The number of nitrogens with one attached hydrogen (secondary N) is 1. The van der Waals surface area contributed by atoms with Gasteiger partial charge in [0.25, 0.3) is 11.8 Å². The smallest absolute Gasteiger partial charge is 0.282 e. The molecule has 1 aliphatic rings. The van der Waals surface area contributed by atoms with Crippen LogP contribution in [0, 0.1) is 25.5 Å². The number of hydrogen-bond donors (Lipinski definition) is 1. The minimum Gasteiger partial charge on any atom is -0.350 e. The van der Waals surface area contributed by atoms with Crippen molar-refractivity contribution < 1.29 is 18.4 Å². The number of imide groups is 1. The first-order chi connectivity index (χ1) is 14.8. The second-order valence-electron chi connectivity index (χ2n) is 7.25. The van der Waals surface area contributed by atoms with Crippen LogP contribution in [0.15, 0.2) is 66.4 Å². The lowest BCUT2D eigenvalue weighted by molar-refractivity contribution is -0.120. The van der Waals surface area contributed by atoms with E-state index in [1.165, 1.54) is 0 Å². The molecular weight excluding hydrogens is 422 g/mol. The van der Waals surface area contributed by atoms with Crippen LogP contribution in [0.2, 0.25) is 5.02 Å². The standard InChI is InChI=1S/C24H17ClF2N2O2/c1-13-3-6-15(7-4-13)21-22(28-17-9-5-14(2)18(25)12-17)24(31)29(23(21)30)20-11-16(26)8-10-19(20)27/h3-12,28H,1-2H3. The lowest BCUT2D eigenvalue weighted by Gasteiger charge is -2.16. The molecule has 0 fully saturated rings. The van der Waals surface area contributed by atoms with Crippen LogP contribution in [-0.2, 0) is 9.59 Å². The molecule has 1 N–H and O–H groups in total. The minimum absolute atomic E-state index is 0.0440. The van der Waals surface area contributed by atoms with Crippen molar-refractivity contribution in [2.75, 3.05) is 10.2 Å². The van der Waals surface area contributed by atoms with Crippen molar-refractivity contribution >= 4 is 40.4 Å². The van der Waals surface area contributed by atoms with Crippen molar-refractivity contribution in [1.29, 1.82) is 0 Å². The molecule has 1 heterocycles. The summed E-state index contributed by atoms with van der Waals surface area (Å²) in [5, 5.41) is 3.43. The molecule has 3 aromatic carbocycles. The molecule has 7 heteroatoms. The summed E-state index contributed by atoms with van der Waals surface area (Å²) in [5.41, 5.74) is 2.34. The van der Waals surface area contributed by atoms with E-state index in [0.29, 0.717) is 21.2 Å². The van der Waals surface area contributed by atoms with Crippen LogP contribution in [0.1, 0.15) is 16.7 Å². The van der Waals surface area contributed by atoms with Gasteiger partial charge in [0, 0.05) is 16.8 Å². The Kier molecular flexibility index (Phi) is 5.33. The maximum atomic E-state index is 14.4. The van der Waals surface area contributed by atoms with Gasteiger partial charge in [0.15, 0.2) is 0 Å². The van der Waals surface area contributed by atoms with Gasteiger partial charge in [-0.05, 0) is 49.2 Å². The number of halogens is 3. The largest absolute Gasteiger partial charge is 0.350 e. The van der Waals surface area contributed by atoms with E-state index in [-0.39, 0.29) is 11.3 Å². The topological polar surface area (TPSA) is 49.4 Å². The number of aryl methyl sites for hydroxylation is 2. The van der Waals surface area contributed by atoms with Crippen molar-refractivity contribution in [2.45, 2.75) is 13.8 Å². The van der Waals surface area contributed by atoms with Gasteiger partial charge >= 0.3 is 0 Å². The summed E-state index contributed by atoms with van der Waals surface area (Å²) >= 11 is 6.19. The molecule has 156 valence electrons. The molecule has 2 amide bonds. The van der Waals surface area contributed by atoms with E-state index >= 15 is 0 Å². The quantitative estimate of drug-likeness (QED) is 0.537. The van der Waals surface area contributed by atoms with Gasteiger partial charge in [0.1, 0.15) is 17.3 Å². The van der Waals surface area contributed by atoms with Crippen LogP contribution < -0.4 is 10.2 Å². The minimum atomic E-state index is -0.883. The predicted octanol–water partition coefficient (Wildman–Crippen LogP) is 5.63. The van der Waals surface area contributed by atoms with E-state index in [1.54, 1.807) is 42.5 Å². The van der Waals surface area contributed by atoms with Gasteiger partial charge in [0.05, 0.1) is 11.3 Å². The van der Waals surface area contributed by atoms with Crippen molar-refractivity contribution in [3.63, 3.8) is 0 Å². The van der Waals surface area contributed by atoms with E-state index in [1.807, 2.05) is 13.8 Å². The normalized spacial score (nSPS) is 13.9. The fourth-order valence-electron chi connectivity index (χ4n) is 3.32. The highest BCUT2D eigenvalue weighted by Crippen LogP contribution is 2.35. The Labute approximate surface area is 182 Å². The third-order valence-electron chi connectivity index (χ3n) is 5.01. The van der Waals surface area contributed by atoms with Crippen LogP contribution in [0.5, 0.6) is 0 Å². The van der Waals surface area contributed by atoms with Crippen molar-refractivity contribution in [3.8, 4) is 0 Å². The van der Waals surface area contributed by atoms with Crippen LogP contribution >= 0.6 is 11.6 Å². The summed E-state index contributed by atoms with van der Waals surface area (Å²) < 4.78 is 28.2. The van der Waals surface area contributed by atoms with E-state index in [0.717, 1.165) is 29.3 Å². The van der Waals surface area contributed by atoms with Gasteiger partial charge in [-0.25, -0.2) is 13.7 Å². The molecule has 0 aliphatic carbocycles. The summed E-state index contributed by atoms with van der Waals surface area (Å²) in [4.78, 5) is 27.2. The molecule has 0 unspecified atom stereocenters. The van der Waals surface area contributed by atoms with Gasteiger partial charge in [-0.3, -0.25) is 9.59 Å². The van der Waals surface area contributed by atoms with Crippen molar-refractivity contribution in [1.82, 2.24) is 0 Å². The Morgan fingerprint density at radius 1 is 0.871 bits per heavy atom. The van der Waals surface area contributed by atoms with Crippen LogP contribution in [0.3, 0.4) is 0 Å². The first-order valence-corrected chi connectivity index (χ1v) is 9.82. The average molecular weight is 439 g/mol. The molecule has 3 aromatic rings. The number of benzene rings is 3. The monoisotopic (exact) mass is 438 g/mol. The average Bonchev–Trinajstić information content (AvgIpc) is 2.97. The summed E-state index contributed by atoms with van der Waals surface area (Å²) in [7, 11) is 0. The Morgan fingerprint density at radius 3 is 2.26 bits per heavy atom. The second kappa shape index (κ2) is 7.96. The van der Waals surface area contributed by atoms with Gasteiger partial charge in [0.2, 0.25) is 0 Å². The van der Waals surface area contributed by atoms with Crippen LogP contribution in [-0.4, -0.2) is 11.8 Å². The number of nitrogens with zero attached hydrogens (tertiary/aromatic N) is 1. The molecule has 4 rings (SSSR count). The number of rotatable bonds is 4. The summed E-state index contributed by atoms with van der Waals surface area (Å²) in [6.45, 7) is 3.73. The zero-order valence-electron chi connectivity index (χ0n) is 16.7. The van der Waals surface area contributed by atoms with Crippen LogP contribution in [0.4, 0.5) is 20.2 Å². The molecule has 1 aliphatic heterocycles. The molecule has 0 saturated heterocycles. The molecule has 4 nitrogen and oxygen atoms in total. The molecule has 0 radical (unpaired) electrons. The molecular formula is C24H17ClF2N2O2. The maximum absolute atomic E-state index is 14.4. The third-order valence-corrected chi connectivity index (χ3v) is 5.42. The van der Waals surface area contributed by atoms with Gasteiger partial charge < -0.3 is 5.32 Å². The second-order valence-corrected chi connectivity index (χ2v) is 7.65. The van der Waals surface area contributed by atoms with Gasteiger partial charge in [-0.2, -0.15) is 0 Å². The fraction of sp³-hybridized carbons (Fsp3) is 0.0833. The van der Waals surface area contributed by atoms with Crippen molar-refractivity contribution in [3.05, 3.63) is 99.7 Å². The third kappa shape index (κ3) is 3.82. The number of carbonyl (C=O) groups excluding carboxylic acids is 2. The Hall–Kier alpha value is -3.51. The van der Waals surface area contributed by atoms with Crippen molar-refractivity contribution in [2.24, 2.45) is 0 Å². The van der Waals surface area contributed by atoms with E-state index in [4.69, 9.17) is 11.6 Å². The lowest BCUT2D eigenvalue weighted by Crippen LogP contribution is -2.33. The van der Waals surface area contributed by atoms with Gasteiger partial charge in [-0.15, -0.1) is 0 Å². The zero-order chi connectivity index (χ0) is 22.3. The number of hydrogen-bond acceptors (Lipinski definition) is 3. The molecule has 31 heavy (non-hydrogen) atoms. The fourth-order valence-corrected chi connectivity index (χ4v) is 3.51. The predicted molar refractivity (Wildman–Crippen MR) is 117 cm³/mol. The van der Waals surface area contributed by atoms with E-state index in [2.05, 4.69) is 5.32 Å². The Bertz CT molecular complexity index is 1250. The zero-order valence-corrected chi connectivity index (χ0v) is 17.4. The molecule has 0 atom stereocenters. The molecule has 0 spiro atoms. The highest BCUT2D eigenvalue weighted by atomic mass is 35.5. The first kappa shape index (κ1) is 20.8. The molecule has 0 saturated carbocycles. The van der Waals surface area contributed by atoms with Crippen LogP contribution in [0.25, 0.3) is 5.57 Å². The Morgan fingerprint density at radius 2 is 1.58 bits per heavy atom. The Balaban J connectivity index is 1.85. The molecule has 0 bridgehead atoms. The molecule has 0 aromatic heterocycles. The van der Waals surface area contributed by atoms with Gasteiger partial charge in [-0.1, -0.05) is 47.5 Å². The summed E-state index contributed by atoms with van der Waals surface area (Å²) in [6, 6.07) is 14.7. The number of anilines is 2. The summed E-state index contributed by atoms with van der Waals surface area (Å²) in [6.07, 6.45) is 0. The maximum Gasteiger partial charge on any atom is 0.282 e. The summed E-state index contributed by atoms with van der Waals surface area (Å²) in [5.74, 6) is -3.19. The highest BCUT2D eigenvalue weighted by Gasteiger charge is 2.41. The SMILES string of the molecule is Cc1ccc(C2=C(Nc3ccc(C)c(Cl)c3)C(=O)N(c3cc(F)ccc3F)C2=O)cc1. The number of amides is 2.